The number of ether oxygens (including phenoxy) is 2. The number of nitrogen functional groups attached to an aromatic ring is 1. The summed E-state index contributed by atoms with van der Waals surface area (Å²) in [7, 11) is 1.50. The maximum absolute atomic E-state index is 11.0. The topological polar surface area (TPSA) is 101 Å². The van der Waals surface area contributed by atoms with E-state index in [4.69, 9.17) is 15.2 Å². The molecule has 0 saturated carbocycles. The van der Waals surface area contributed by atoms with E-state index in [9.17, 15) is 10.1 Å². The van der Waals surface area contributed by atoms with Gasteiger partial charge in [0.25, 0.3) is 0 Å². The predicted molar refractivity (Wildman–Crippen MR) is 77.7 cm³/mol. The lowest BCUT2D eigenvalue weighted by Crippen LogP contribution is -2.00. The van der Waals surface area contributed by atoms with Crippen LogP contribution in [0.2, 0.25) is 0 Å². The van der Waals surface area contributed by atoms with Crippen LogP contribution in [0.25, 0.3) is 0 Å². The van der Waals surface area contributed by atoms with Crippen molar-refractivity contribution in [3.05, 3.63) is 46.0 Å². The van der Waals surface area contributed by atoms with Gasteiger partial charge in [-0.1, -0.05) is 13.0 Å². The number of nitrogens with zero attached hydrogens (tertiary/aromatic N) is 2. The Kier molecular flexibility index (Phi) is 4.22. The van der Waals surface area contributed by atoms with Gasteiger partial charge < -0.3 is 15.2 Å². The predicted octanol–water partition coefficient (Wildman–Crippen LogP) is 2.94. The highest BCUT2D eigenvalue weighted by Gasteiger charge is 2.19. The standard InChI is InChI=1S/C14H15N3O4/c1-3-9-4-6-11(12(8-9)20-2)21-14-10(17(18)19)5-7-13(15)16-14/h4-8H,3H2,1-2H3,(H2,15,16). The maximum atomic E-state index is 11.0. The summed E-state index contributed by atoms with van der Waals surface area (Å²) in [6.07, 6.45) is 0.841. The number of nitro groups is 1. The molecule has 0 saturated heterocycles. The summed E-state index contributed by atoms with van der Waals surface area (Å²) in [6, 6.07) is 7.96. The molecule has 0 aliphatic carbocycles. The number of pyridine rings is 1. The van der Waals surface area contributed by atoms with Crippen LogP contribution in [0.4, 0.5) is 11.5 Å². The molecule has 0 aliphatic rings. The van der Waals surface area contributed by atoms with E-state index in [1.54, 1.807) is 6.07 Å². The molecule has 7 heteroatoms. The first-order valence-corrected chi connectivity index (χ1v) is 6.30. The number of rotatable bonds is 5. The van der Waals surface area contributed by atoms with Crippen molar-refractivity contribution in [1.82, 2.24) is 4.98 Å². The summed E-state index contributed by atoms with van der Waals surface area (Å²) in [6.45, 7) is 2.01. The molecule has 1 aromatic carbocycles. The average molecular weight is 289 g/mol. The minimum atomic E-state index is -0.575. The van der Waals surface area contributed by atoms with Gasteiger partial charge in [-0.25, -0.2) is 0 Å². The molecular formula is C14H15N3O4. The van der Waals surface area contributed by atoms with Gasteiger partial charge in [-0.2, -0.15) is 4.98 Å². The van der Waals surface area contributed by atoms with E-state index in [0.717, 1.165) is 12.0 Å². The van der Waals surface area contributed by atoms with Gasteiger partial charge in [-0.3, -0.25) is 10.1 Å². The first-order valence-electron chi connectivity index (χ1n) is 6.30. The van der Waals surface area contributed by atoms with Crippen LogP contribution >= 0.6 is 0 Å². The van der Waals surface area contributed by atoms with Gasteiger partial charge in [0, 0.05) is 6.07 Å². The summed E-state index contributed by atoms with van der Waals surface area (Å²) in [5, 5.41) is 11.0. The first-order chi connectivity index (χ1) is 10.0. The van der Waals surface area contributed by atoms with Gasteiger partial charge in [0.1, 0.15) is 5.82 Å². The highest BCUT2D eigenvalue weighted by Crippen LogP contribution is 2.35. The quantitative estimate of drug-likeness (QED) is 0.670. The number of anilines is 1. The molecule has 110 valence electrons. The first kappa shape index (κ1) is 14.6. The van der Waals surface area contributed by atoms with E-state index in [1.807, 2.05) is 19.1 Å². The molecule has 1 heterocycles. The fourth-order valence-electron chi connectivity index (χ4n) is 1.78. The van der Waals surface area contributed by atoms with Crippen LogP contribution in [0.1, 0.15) is 12.5 Å². The van der Waals surface area contributed by atoms with Gasteiger partial charge in [-0.15, -0.1) is 0 Å². The molecule has 21 heavy (non-hydrogen) atoms. The number of aromatic nitrogens is 1. The number of aryl methyl sites for hydroxylation is 1. The lowest BCUT2D eigenvalue weighted by atomic mass is 10.1. The summed E-state index contributed by atoms with van der Waals surface area (Å²) >= 11 is 0. The molecule has 0 bridgehead atoms. The minimum absolute atomic E-state index is 0.139. The number of methoxy groups -OCH3 is 1. The minimum Gasteiger partial charge on any atom is -0.493 e. The highest BCUT2D eigenvalue weighted by atomic mass is 16.6. The largest absolute Gasteiger partial charge is 0.493 e. The van der Waals surface area contributed by atoms with E-state index >= 15 is 0 Å². The molecule has 0 radical (unpaired) electrons. The Balaban J connectivity index is 2.42. The zero-order valence-electron chi connectivity index (χ0n) is 11.7. The Bertz CT molecular complexity index is 673. The molecule has 0 amide bonds. The van der Waals surface area contributed by atoms with Crippen molar-refractivity contribution in [1.29, 1.82) is 0 Å². The van der Waals surface area contributed by atoms with Crippen molar-refractivity contribution in [2.45, 2.75) is 13.3 Å². The van der Waals surface area contributed by atoms with Crippen LogP contribution in [0.3, 0.4) is 0 Å². The molecule has 2 rings (SSSR count). The Labute approximate surface area is 121 Å². The van der Waals surface area contributed by atoms with Crippen LogP contribution < -0.4 is 15.2 Å². The second kappa shape index (κ2) is 6.08. The van der Waals surface area contributed by atoms with Crippen molar-refractivity contribution in [3.8, 4) is 17.4 Å². The maximum Gasteiger partial charge on any atom is 0.331 e. The molecule has 2 N–H and O–H groups in total. The monoisotopic (exact) mass is 289 g/mol. The number of nitrogens with two attached hydrogens (primary N) is 1. The molecule has 0 unspecified atom stereocenters. The molecule has 0 atom stereocenters. The van der Waals surface area contributed by atoms with E-state index in [1.165, 1.54) is 19.2 Å². The van der Waals surface area contributed by atoms with Crippen molar-refractivity contribution < 1.29 is 14.4 Å². The highest BCUT2D eigenvalue weighted by molar-refractivity contribution is 5.51. The third-order valence-electron chi connectivity index (χ3n) is 2.90. The fourth-order valence-corrected chi connectivity index (χ4v) is 1.78. The van der Waals surface area contributed by atoms with Crippen LogP contribution in [0.15, 0.2) is 30.3 Å². The van der Waals surface area contributed by atoms with Crippen molar-refractivity contribution in [3.63, 3.8) is 0 Å². The lowest BCUT2D eigenvalue weighted by molar-refractivity contribution is -0.386. The summed E-state index contributed by atoms with van der Waals surface area (Å²) in [4.78, 5) is 14.3. The Morgan fingerprint density at radius 2 is 2.05 bits per heavy atom. The second-order valence-electron chi connectivity index (χ2n) is 4.26. The van der Waals surface area contributed by atoms with E-state index in [2.05, 4.69) is 4.98 Å². The van der Waals surface area contributed by atoms with Crippen molar-refractivity contribution in [2.24, 2.45) is 0 Å². The SMILES string of the molecule is CCc1ccc(Oc2nc(N)ccc2[N+](=O)[O-])c(OC)c1. The number of benzene rings is 1. The normalized spacial score (nSPS) is 10.2. The molecule has 0 spiro atoms. The van der Waals surface area contributed by atoms with Gasteiger partial charge in [-0.05, 0) is 30.2 Å². The van der Waals surface area contributed by atoms with Crippen LogP contribution in [0, 0.1) is 10.1 Å². The summed E-state index contributed by atoms with van der Waals surface area (Å²) < 4.78 is 10.8. The Morgan fingerprint density at radius 3 is 2.67 bits per heavy atom. The van der Waals surface area contributed by atoms with E-state index in [0.29, 0.717) is 11.5 Å². The Morgan fingerprint density at radius 1 is 1.29 bits per heavy atom. The third kappa shape index (κ3) is 3.19. The van der Waals surface area contributed by atoms with Gasteiger partial charge in [0.15, 0.2) is 11.5 Å². The van der Waals surface area contributed by atoms with Crippen LogP contribution in [-0.2, 0) is 6.42 Å². The number of hydrogen-bond donors (Lipinski definition) is 1. The molecular weight excluding hydrogens is 274 g/mol. The van der Waals surface area contributed by atoms with Crippen LogP contribution in [0.5, 0.6) is 17.4 Å². The van der Waals surface area contributed by atoms with E-state index in [-0.39, 0.29) is 17.4 Å². The van der Waals surface area contributed by atoms with Crippen LogP contribution in [-0.4, -0.2) is 17.0 Å². The smallest absolute Gasteiger partial charge is 0.331 e. The molecule has 1 aromatic heterocycles. The lowest BCUT2D eigenvalue weighted by Gasteiger charge is -2.11. The average Bonchev–Trinajstić information content (AvgIpc) is 2.47. The summed E-state index contributed by atoms with van der Waals surface area (Å²) in [5.74, 6) is 0.797. The fraction of sp³-hybridized carbons (Fsp3) is 0.214. The van der Waals surface area contributed by atoms with Gasteiger partial charge >= 0.3 is 11.6 Å². The molecule has 7 nitrogen and oxygen atoms in total. The van der Waals surface area contributed by atoms with Crippen molar-refractivity contribution >= 4 is 11.5 Å². The molecule has 0 aliphatic heterocycles. The second-order valence-corrected chi connectivity index (χ2v) is 4.26. The molecule has 2 aromatic rings. The van der Waals surface area contributed by atoms with E-state index < -0.39 is 4.92 Å². The third-order valence-corrected chi connectivity index (χ3v) is 2.90. The van der Waals surface area contributed by atoms with Gasteiger partial charge in [0.2, 0.25) is 0 Å². The molecule has 0 fully saturated rings. The zero-order valence-corrected chi connectivity index (χ0v) is 11.7. The Hall–Kier alpha value is -2.83. The van der Waals surface area contributed by atoms with Gasteiger partial charge in [0.05, 0.1) is 12.0 Å². The zero-order chi connectivity index (χ0) is 15.4. The summed E-state index contributed by atoms with van der Waals surface area (Å²) in [5.41, 5.74) is 6.36. The number of hydrogen-bond acceptors (Lipinski definition) is 6. The van der Waals surface area contributed by atoms with Crippen molar-refractivity contribution in [2.75, 3.05) is 12.8 Å².